The Morgan fingerprint density at radius 3 is 2.40 bits per heavy atom. The minimum absolute atomic E-state index is 0.235. The normalized spacial score (nSPS) is 17.7. The van der Waals surface area contributed by atoms with Gasteiger partial charge in [-0.3, -0.25) is 0 Å². The zero-order chi connectivity index (χ0) is 11.5. The van der Waals surface area contributed by atoms with Crippen LogP contribution in [0.5, 0.6) is 0 Å². The van der Waals surface area contributed by atoms with Gasteiger partial charge in [0.25, 0.3) is 10.2 Å². The van der Waals surface area contributed by atoms with Gasteiger partial charge in [-0.1, -0.05) is 6.92 Å². The summed E-state index contributed by atoms with van der Waals surface area (Å²) in [6, 6.07) is 0.235. The second-order valence-electron chi connectivity index (χ2n) is 3.81. The van der Waals surface area contributed by atoms with Crippen LogP contribution in [0.25, 0.3) is 0 Å². The minimum Gasteiger partial charge on any atom is -0.195 e. The lowest BCUT2D eigenvalue weighted by molar-refractivity contribution is 0.362. The van der Waals surface area contributed by atoms with Crippen LogP contribution in [0.3, 0.4) is 0 Å². The summed E-state index contributed by atoms with van der Waals surface area (Å²) in [4.78, 5) is 0. The van der Waals surface area contributed by atoms with Crippen LogP contribution >= 0.6 is 11.6 Å². The maximum Gasteiger partial charge on any atom is 0.281 e. The molecule has 0 aliphatic heterocycles. The molecule has 4 nitrogen and oxygen atoms in total. The molecule has 0 atom stereocenters. The Morgan fingerprint density at radius 2 is 2.00 bits per heavy atom. The molecule has 1 fully saturated rings. The minimum atomic E-state index is -3.25. The van der Waals surface area contributed by atoms with Crippen LogP contribution in [0.2, 0.25) is 0 Å². The predicted molar refractivity (Wildman–Crippen MR) is 62.3 cm³/mol. The van der Waals surface area contributed by atoms with Crippen molar-refractivity contribution in [1.82, 2.24) is 8.61 Å². The first-order valence-electron chi connectivity index (χ1n) is 5.33. The largest absolute Gasteiger partial charge is 0.281 e. The highest BCUT2D eigenvalue weighted by atomic mass is 35.5. The van der Waals surface area contributed by atoms with Gasteiger partial charge in [-0.05, 0) is 19.3 Å². The Bertz CT molecular complexity index is 290. The molecular weight excluding hydrogens is 236 g/mol. The molecule has 0 saturated heterocycles. The Labute approximate surface area is 97.4 Å². The fraction of sp³-hybridized carbons (Fsp3) is 1.00. The van der Waals surface area contributed by atoms with Crippen molar-refractivity contribution in [2.24, 2.45) is 0 Å². The SMILES string of the molecule is CCN(C1CC1)S(=O)(=O)N(C)CCCCl. The van der Waals surface area contributed by atoms with Gasteiger partial charge in [0.05, 0.1) is 0 Å². The van der Waals surface area contributed by atoms with Gasteiger partial charge in [0.1, 0.15) is 0 Å². The second kappa shape index (κ2) is 5.48. The number of alkyl halides is 1. The van der Waals surface area contributed by atoms with E-state index in [1.54, 1.807) is 11.4 Å². The van der Waals surface area contributed by atoms with Crippen molar-refractivity contribution in [2.45, 2.75) is 32.2 Å². The van der Waals surface area contributed by atoms with Crippen LogP contribution in [-0.4, -0.2) is 49.1 Å². The van der Waals surface area contributed by atoms with Crippen LogP contribution in [0.15, 0.2) is 0 Å². The highest BCUT2D eigenvalue weighted by molar-refractivity contribution is 7.86. The Balaban J connectivity index is 2.62. The Hall–Kier alpha value is 0.160. The first kappa shape index (κ1) is 13.2. The van der Waals surface area contributed by atoms with Crippen molar-refractivity contribution in [2.75, 3.05) is 26.0 Å². The molecule has 1 saturated carbocycles. The Kier molecular flexibility index (Phi) is 4.83. The van der Waals surface area contributed by atoms with E-state index in [0.29, 0.717) is 25.4 Å². The lowest BCUT2D eigenvalue weighted by atomic mass is 10.5. The quantitative estimate of drug-likeness (QED) is 0.642. The van der Waals surface area contributed by atoms with Gasteiger partial charge in [0, 0.05) is 32.1 Å². The topological polar surface area (TPSA) is 40.6 Å². The van der Waals surface area contributed by atoms with Gasteiger partial charge in [-0.2, -0.15) is 17.0 Å². The Morgan fingerprint density at radius 1 is 1.40 bits per heavy atom. The molecule has 1 aliphatic carbocycles. The molecular formula is C9H19ClN2O2S. The first-order chi connectivity index (χ1) is 7.04. The van der Waals surface area contributed by atoms with E-state index in [4.69, 9.17) is 11.6 Å². The predicted octanol–water partition coefficient (Wildman–Crippen LogP) is 1.28. The average molecular weight is 255 g/mol. The van der Waals surface area contributed by atoms with Gasteiger partial charge in [-0.25, -0.2) is 0 Å². The van der Waals surface area contributed by atoms with E-state index >= 15 is 0 Å². The zero-order valence-electron chi connectivity index (χ0n) is 9.32. The van der Waals surface area contributed by atoms with Crippen LogP contribution in [0.1, 0.15) is 26.2 Å². The molecule has 1 rings (SSSR count). The van der Waals surface area contributed by atoms with Crippen molar-refractivity contribution in [3.63, 3.8) is 0 Å². The molecule has 0 spiro atoms. The van der Waals surface area contributed by atoms with Crippen LogP contribution in [0.4, 0.5) is 0 Å². The van der Waals surface area contributed by atoms with E-state index in [1.165, 1.54) is 4.31 Å². The molecule has 1 aliphatic rings. The first-order valence-corrected chi connectivity index (χ1v) is 7.26. The molecule has 0 radical (unpaired) electrons. The summed E-state index contributed by atoms with van der Waals surface area (Å²) in [7, 11) is -1.63. The highest BCUT2D eigenvalue weighted by Gasteiger charge is 2.37. The van der Waals surface area contributed by atoms with Crippen molar-refractivity contribution >= 4 is 21.8 Å². The van der Waals surface area contributed by atoms with Gasteiger partial charge >= 0.3 is 0 Å². The van der Waals surface area contributed by atoms with Crippen LogP contribution in [0, 0.1) is 0 Å². The standard InChI is InChI=1S/C9H19ClN2O2S/c1-3-12(9-5-6-9)15(13,14)11(2)8-4-7-10/h9H,3-8H2,1-2H3. The second-order valence-corrected chi connectivity index (χ2v) is 6.17. The molecule has 15 heavy (non-hydrogen) atoms. The number of hydrogen-bond donors (Lipinski definition) is 0. The van der Waals surface area contributed by atoms with Crippen molar-refractivity contribution in [1.29, 1.82) is 0 Å². The van der Waals surface area contributed by atoms with Crippen LogP contribution < -0.4 is 0 Å². The monoisotopic (exact) mass is 254 g/mol. The van der Waals surface area contributed by atoms with Gasteiger partial charge in [-0.15, -0.1) is 11.6 Å². The lowest BCUT2D eigenvalue weighted by Crippen LogP contribution is -2.43. The molecule has 0 aromatic carbocycles. The molecule has 0 N–H and O–H groups in total. The highest BCUT2D eigenvalue weighted by Crippen LogP contribution is 2.29. The summed E-state index contributed by atoms with van der Waals surface area (Å²) >= 11 is 5.55. The van der Waals surface area contributed by atoms with E-state index in [-0.39, 0.29) is 6.04 Å². The molecule has 0 aromatic heterocycles. The molecule has 0 bridgehead atoms. The fourth-order valence-electron chi connectivity index (χ4n) is 1.55. The molecule has 6 heteroatoms. The van der Waals surface area contributed by atoms with Gasteiger partial charge in [0.2, 0.25) is 0 Å². The number of halogens is 1. The average Bonchev–Trinajstić information content (AvgIpc) is 2.98. The third-order valence-electron chi connectivity index (χ3n) is 2.56. The third-order valence-corrected chi connectivity index (χ3v) is 4.95. The van der Waals surface area contributed by atoms with Gasteiger partial charge < -0.3 is 0 Å². The molecule has 0 amide bonds. The lowest BCUT2D eigenvalue weighted by Gasteiger charge is -2.26. The fourth-order valence-corrected chi connectivity index (χ4v) is 3.30. The number of rotatable bonds is 7. The van der Waals surface area contributed by atoms with E-state index in [1.807, 2.05) is 6.92 Å². The summed E-state index contributed by atoms with van der Waals surface area (Å²) in [6.07, 6.45) is 2.69. The van der Waals surface area contributed by atoms with E-state index in [0.717, 1.165) is 12.8 Å². The molecule has 90 valence electrons. The van der Waals surface area contributed by atoms with Crippen LogP contribution in [-0.2, 0) is 10.2 Å². The molecule has 0 heterocycles. The zero-order valence-corrected chi connectivity index (χ0v) is 10.9. The number of nitrogens with zero attached hydrogens (tertiary/aromatic N) is 2. The van der Waals surface area contributed by atoms with Crippen molar-refractivity contribution in [3.05, 3.63) is 0 Å². The van der Waals surface area contributed by atoms with Crippen molar-refractivity contribution < 1.29 is 8.42 Å². The molecule has 0 unspecified atom stereocenters. The summed E-state index contributed by atoms with van der Waals surface area (Å²) in [5.41, 5.74) is 0. The summed E-state index contributed by atoms with van der Waals surface area (Å²) in [5.74, 6) is 0.495. The smallest absolute Gasteiger partial charge is 0.195 e. The van der Waals surface area contributed by atoms with E-state index in [9.17, 15) is 8.42 Å². The summed E-state index contributed by atoms with van der Waals surface area (Å²) < 4.78 is 27.1. The van der Waals surface area contributed by atoms with E-state index in [2.05, 4.69) is 0 Å². The van der Waals surface area contributed by atoms with Gasteiger partial charge in [0.15, 0.2) is 0 Å². The maximum absolute atomic E-state index is 12.1. The molecule has 0 aromatic rings. The summed E-state index contributed by atoms with van der Waals surface area (Å²) in [5, 5.41) is 0. The number of hydrogen-bond acceptors (Lipinski definition) is 2. The van der Waals surface area contributed by atoms with E-state index < -0.39 is 10.2 Å². The third kappa shape index (κ3) is 3.31. The van der Waals surface area contributed by atoms with Crippen molar-refractivity contribution in [3.8, 4) is 0 Å². The summed E-state index contributed by atoms with van der Waals surface area (Å²) in [6.45, 7) is 2.93. The maximum atomic E-state index is 12.1.